The smallest absolute Gasteiger partial charge is 0.258 e. The van der Waals surface area contributed by atoms with Crippen LogP contribution in [0.1, 0.15) is 30.1 Å². The van der Waals surface area contributed by atoms with Gasteiger partial charge in [0.05, 0.1) is 10.7 Å². The van der Waals surface area contributed by atoms with Crippen LogP contribution in [0.4, 0.5) is 0 Å². The number of nitrogens with one attached hydrogen (secondary N) is 1. The highest BCUT2D eigenvalue weighted by atomic mass is 127. The van der Waals surface area contributed by atoms with Gasteiger partial charge < -0.3 is 15.2 Å². The van der Waals surface area contributed by atoms with Crippen LogP contribution in [-0.2, 0) is 0 Å². The zero-order valence-corrected chi connectivity index (χ0v) is 14.5. The lowest BCUT2D eigenvalue weighted by Gasteiger charge is -2.23. The summed E-state index contributed by atoms with van der Waals surface area (Å²) in [4.78, 5) is 14.7. The summed E-state index contributed by atoms with van der Waals surface area (Å²) in [5.74, 6) is 0.0845. The highest BCUT2D eigenvalue weighted by Crippen LogP contribution is 2.32. The van der Waals surface area contributed by atoms with E-state index in [1.165, 1.54) is 13.5 Å². The van der Waals surface area contributed by atoms with Crippen molar-refractivity contribution in [1.29, 1.82) is 0 Å². The number of likely N-dealkylation sites (N-methyl/N-ethyl adjacent to an activating group) is 1. The summed E-state index contributed by atoms with van der Waals surface area (Å²) in [6.07, 6.45) is 2.27. The molecule has 1 unspecified atom stereocenters. The number of methoxy groups -OCH3 is 1. The number of hydrogen-bond donors (Lipinski definition) is 2. The van der Waals surface area contributed by atoms with Crippen LogP contribution in [0.25, 0.3) is 0 Å². The van der Waals surface area contributed by atoms with Crippen LogP contribution in [0.15, 0.2) is 12.1 Å². The second-order valence-corrected chi connectivity index (χ2v) is 6.27. The van der Waals surface area contributed by atoms with Crippen LogP contribution in [-0.4, -0.2) is 48.7 Å². The van der Waals surface area contributed by atoms with Crippen molar-refractivity contribution in [1.82, 2.24) is 10.2 Å². The van der Waals surface area contributed by atoms with Crippen molar-refractivity contribution < 1.29 is 14.6 Å². The Morgan fingerprint density at radius 1 is 1.57 bits per heavy atom. The zero-order chi connectivity index (χ0) is 15.4. The fraction of sp³-hybridized carbons (Fsp3) is 0.533. The Labute approximate surface area is 138 Å². The number of halogens is 1. The third kappa shape index (κ3) is 3.60. The molecule has 1 fully saturated rings. The van der Waals surface area contributed by atoms with Crippen molar-refractivity contribution in [2.45, 2.75) is 25.8 Å². The van der Waals surface area contributed by atoms with Gasteiger partial charge in [-0.1, -0.05) is 6.92 Å². The van der Waals surface area contributed by atoms with Crippen molar-refractivity contribution in [3.63, 3.8) is 0 Å². The van der Waals surface area contributed by atoms with E-state index in [-0.39, 0.29) is 17.2 Å². The Kier molecular flexibility index (Phi) is 5.69. The Morgan fingerprint density at radius 3 is 3.00 bits per heavy atom. The third-order valence-corrected chi connectivity index (χ3v) is 4.81. The summed E-state index contributed by atoms with van der Waals surface area (Å²) in [6.45, 7) is 4.82. The van der Waals surface area contributed by atoms with Crippen molar-refractivity contribution >= 4 is 28.5 Å². The predicted molar refractivity (Wildman–Crippen MR) is 90.0 cm³/mol. The van der Waals surface area contributed by atoms with Gasteiger partial charge in [-0.05, 0) is 60.7 Å². The maximum absolute atomic E-state index is 12.4. The summed E-state index contributed by atoms with van der Waals surface area (Å²) >= 11 is 2.00. The molecule has 1 aliphatic rings. The minimum atomic E-state index is -0.286. The molecule has 5 nitrogen and oxygen atoms in total. The van der Waals surface area contributed by atoms with Gasteiger partial charge in [0.15, 0.2) is 0 Å². The van der Waals surface area contributed by atoms with E-state index in [1.54, 1.807) is 12.1 Å². The number of likely N-dealkylation sites (tertiary alicyclic amines) is 1. The van der Waals surface area contributed by atoms with Crippen molar-refractivity contribution in [2.75, 3.05) is 26.7 Å². The fourth-order valence-corrected chi connectivity index (χ4v) is 3.23. The van der Waals surface area contributed by atoms with Crippen LogP contribution < -0.4 is 10.1 Å². The molecule has 0 aliphatic carbocycles. The summed E-state index contributed by atoms with van der Waals surface area (Å²) < 4.78 is 5.82. The number of rotatable bonds is 5. The Bertz CT molecular complexity index is 522. The quantitative estimate of drug-likeness (QED) is 0.739. The number of carbonyl (C=O) groups is 1. The molecule has 0 bridgehead atoms. The highest BCUT2D eigenvalue weighted by molar-refractivity contribution is 14.1. The lowest BCUT2D eigenvalue weighted by Crippen LogP contribution is -2.40. The Hall–Kier alpha value is -1.02. The summed E-state index contributed by atoms with van der Waals surface area (Å²) in [7, 11) is 1.49. The van der Waals surface area contributed by atoms with Crippen LogP contribution in [0.3, 0.4) is 0 Å². The number of nitrogens with zero attached hydrogens (tertiary/aromatic N) is 1. The molecule has 1 amide bonds. The van der Waals surface area contributed by atoms with Crippen molar-refractivity contribution in [2.24, 2.45) is 0 Å². The second kappa shape index (κ2) is 7.31. The number of ether oxygens (including phenoxy) is 1. The third-order valence-electron chi connectivity index (χ3n) is 3.94. The van der Waals surface area contributed by atoms with Crippen molar-refractivity contribution in [3.8, 4) is 11.5 Å². The molecule has 1 heterocycles. The van der Waals surface area contributed by atoms with E-state index < -0.39 is 0 Å². The number of benzene rings is 1. The molecule has 0 aromatic heterocycles. The number of phenolic OH excluding ortho intramolecular Hbond substituents is 1. The zero-order valence-electron chi connectivity index (χ0n) is 12.4. The van der Waals surface area contributed by atoms with E-state index in [0.717, 1.165) is 19.5 Å². The number of phenols is 1. The number of aromatic hydroxyl groups is 1. The van der Waals surface area contributed by atoms with E-state index in [9.17, 15) is 9.90 Å². The van der Waals surface area contributed by atoms with Crippen molar-refractivity contribution in [3.05, 3.63) is 21.3 Å². The molecule has 1 aromatic carbocycles. The van der Waals surface area contributed by atoms with Gasteiger partial charge in [-0.15, -0.1) is 0 Å². The number of hydrogen-bond acceptors (Lipinski definition) is 4. The molecular weight excluding hydrogens is 383 g/mol. The van der Waals surface area contributed by atoms with Crippen LogP contribution in [0, 0.1) is 3.57 Å². The second-order valence-electron chi connectivity index (χ2n) is 5.11. The molecule has 116 valence electrons. The van der Waals surface area contributed by atoms with Gasteiger partial charge in [0.2, 0.25) is 0 Å². The van der Waals surface area contributed by atoms with Gasteiger partial charge in [0, 0.05) is 12.6 Å². The van der Waals surface area contributed by atoms with E-state index in [2.05, 4.69) is 17.1 Å². The Balaban J connectivity index is 2.08. The van der Waals surface area contributed by atoms with Crippen LogP contribution >= 0.6 is 22.6 Å². The molecule has 1 saturated heterocycles. The first kappa shape index (κ1) is 16.4. The highest BCUT2D eigenvalue weighted by Gasteiger charge is 2.25. The monoisotopic (exact) mass is 404 g/mol. The van der Waals surface area contributed by atoms with Gasteiger partial charge in [-0.2, -0.15) is 0 Å². The topological polar surface area (TPSA) is 61.8 Å². The van der Waals surface area contributed by atoms with E-state index in [4.69, 9.17) is 4.74 Å². The summed E-state index contributed by atoms with van der Waals surface area (Å²) in [5.41, 5.74) is 0.213. The summed E-state index contributed by atoms with van der Waals surface area (Å²) in [5, 5.41) is 13.0. The molecular formula is C15H21IN2O3. The lowest BCUT2D eigenvalue weighted by atomic mass is 10.1. The summed E-state index contributed by atoms with van der Waals surface area (Å²) in [6, 6.07) is 3.81. The van der Waals surface area contributed by atoms with Crippen LogP contribution in [0.5, 0.6) is 11.5 Å². The molecule has 1 aliphatic heterocycles. The molecule has 6 heteroatoms. The maximum Gasteiger partial charge on any atom is 0.258 e. The molecule has 0 saturated carbocycles. The molecule has 1 aromatic rings. The Morgan fingerprint density at radius 2 is 2.33 bits per heavy atom. The fourth-order valence-electron chi connectivity index (χ4n) is 2.78. The lowest BCUT2D eigenvalue weighted by molar-refractivity contribution is 0.0935. The molecule has 0 spiro atoms. The molecule has 2 rings (SSSR count). The number of carbonyl (C=O) groups excluding carboxylic acids is 1. The molecule has 2 N–H and O–H groups in total. The number of amides is 1. The van der Waals surface area contributed by atoms with Crippen LogP contribution in [0.2, 0.25) is 0 Å². The first-order chi connectivity index (χ1) is 10.1. The van der Waals surface area contributed by atoms with E-state index in [1.807, 2.05) is 22.6 Å². The largest absolute Gasteiger partial charge is 0.506 e. The van der Waals surface area contributed by atoms with Gasteiger partial charge >= 0.3 is 0 Å². The first-order valence-corrected chi connectivity index (χ1v) is 8.24. The van der Waals surface area contributed by atoms with Gasteiger partial charge in [0.1, 0.15) is 17.1 Å². The average molecular weight is 404 g/mol. The standard InChI is InChI=1S/C15H21IN2O3/c1-3-18-8-4-5-10(18)9-17-15(20)13-12(21-2)7-6-11(16)14(13)19/h6-7,10,19H,3-5,8-9H2,1-2H3,(H,17,20). The first-order valence-electron chi connectivity index (χ1n) is 7.16. The van der Waals surface area contributed by atoms with E-state index >= 15 is 0 Å². The normalized spacial score (nSPS) is 18.7. The van der Waals surface area contributed by atoms with Gasteiger partial charge in [-0.3, -0.25) is 9.69 Å². The van der Waals surface area contributed by atoms with E-state index in [0.29, 0.717) is 21.9 Å². The van der Waals surface area contributed by atoms with Gasteiger partial charge in [-0.25, -0.2) is 0 Å². The minimum absolute atomic E-state index is 0.0220. The average Bonchev–Trinajstić information content (AvgIpc) is 2.94. The SMILES string of the molecule is CCN1CCCC1CNC(=O)c1c(OC)ccc(I)c1O. The predicted octanol–water partition coefficient (Wildman–Crippen LogP) is 2.22. The van der Waals surface area contributed by atoms with Gasteiger partial charge in [0.25, 0.3) is 5.91 Å². The molecule has 1 atom stereocenters. The maximum atomic E-state index is 12.4. The minimum Gasteiger partial charge on any atom is -0.506 e. The molecule has 0 radical (unpaired) electrons. The molecule has 21 heavy (non-hydrogen) atoms.